The van der Waals surface area contributed by atoms with Gasteiger partial charge >= 0.3 is 5.97 Å². The van der Waals surface area contributed by atoms with Gasteiger partial charge in [0.15, 0.2) is 0 Å². The zero-order valence-electron chi connectivity index (χ0n) is 15.8. The molecule has 0 spiro atoms. The van der Waals surface area contributed by atoms with Crippen molar-refractivity contribution in [2.24, 2.45) is 5.92 Å². The highest BCUT2D eigenvalue weighted by atomic mass is 32.2. The standard InChI is InChI=1S/C20H24N2O3S2/c1-12(2)9-16(19(24)25)22-18(23)17(27-20(22)26)11-13-6-7-15-14(10-13)5-4-8-21(15)3/h6-7,10-12,16H,4-5,8-9H2,1-3H3,(H,24,25)/b17-11-/t16-/m0/s1. The average molecular weight is 405 g/mol. The van der Waals surface area contributed by atoms with Gasteiger partial charge in [-0.1, -0.05) is 43.9 Å². The number of nitrogens with zero attached hydrogens (tertiary/aromatic N) is 2. The number of aliphatic carboxylic acids is 1. The van der Waals surface area contributed by atoms with Crippen molar-refractivity contribution < 1.29 is 14.7 Å². The molecule has 1 aromatic carbocycles. The van der Waals surface area contributed by atoms with Crippen LogP contribution in [0.4, 0.5) is 5.69 Å². The Kier molecular flexibility index (Phi) is 5.91. The second-order valence-corrected chi connectivity index (χ2v) is 9.12. The van der Waals surface area contributed by atoms with E-state index in [2.05, 4.69) is 24.1 Å². The van der Waals surface area contributed by atoms with Crippen molar-refractivity contribution in [2.45, 2.75) is 39.2 Å². The number of aryl methyl sites for hydroxylation is 1. The van der Waals surface area contributed by atoms with Crippen molar-refractivity contribution in [1.82, 2.24) is 4.90 Å². The third-order valence-electron chi connectivity index (χ3n) is 4.87. The SMILES string of the molecule is CC(C)C[C@@H](C(=O)O)N1C(=O)/C(=C/c2ccc3c(c2)CCCN3C)SC1=S. The number of amides is 1. The number of carbonyl (C=O) groups is 2. The molecule has 1 amide bonds. The summed E-state index contributed by atoms with van der Waals surface area (Å²) in [6.07, 6.45) is 4.34. The van der Waals surface area contributed by atoms with Crippen LogP contribution in [0.15, 0.2) is 23.1 Å². The Hall–Kier alpha value is -1.86. The van der Waals surface area contributed by atoms with E-state index in [9.17, 15) is 14.7 Å². The maximum absolute atomic E-state index is 12.9. The molecule has 0 aliphatic carbocycles. The summed E-state index contributed by atoms with van der Waals surface area (Å²) in [5.41, 5.74) is 3.45. The molecular formula is C20H24N2O3S2. The van der Waals surface area contributed by atoms with E-state index < -0.39 is 12.0 Å². The number of hydrogen-bond donors (Lipinski definition) is 1. The first kappa shape index (κ1) is 19.9. The predicted molar refractivity (Wildman–Crippen MR) is 114 cm³/mol. The van der Waals surface area contributed by atoms with E-state index >= 15 is 0 Å². The average Bonchev–Trinajstić information content (AvgIpc) is 2.86. The quantitative estimate of drug-likeness (QED) is 0.595. The van der Waals surface area contributed by atoms with E-state index in [1.165, 1.54) is 27.9 Å². The smallest absolute Gasteiger partial charge is 0.326 e. The number of anilines is 1. The molecule has 7 heteroatoms. The topological polar surface area (TPSA) is 60.9 Å². The van der Waals surface area contributed by atoms with Crippen molar-refractivity contribution >= 4 is 51.9 Å². The van der Waals surface area contributed by atoms with E-state index in [0.29, 0.717) is 15.6 Å². The van der Waals surface area contributed by atoms with Crippen LogP contribution in [0, 0.1) is 5.92 Å². The van der Waals surface area contributed by atoms with Crippen LogP contribution in [-0.2, 0) is 16.0 Å². The Morgan fingerprint density at radius 2 is 2.15 bits per heavy atom. The Labute approximate surface area is 169 Å². The zero-order chi connectivity index (χ0) is 19.7. The molecule has 1 N–H and O–H groups in total. The summed E-state index contributed by atoms with van der Waals surface area (Å²) < 4.78 is 0.317. The fourth-order valence-corrected chi connectivity index (χ4v) is 4.91. The zero-order valence-corrected chi connectivity index (χ0v) is 17.4. The van der Waals surface area contributed by atoms with Crippen molar-refractivity contribution in [2.75, 3.05) is 18.5 Å². The van der Waals surface area contributed by atoms with Crippen LogP contribution >= 0.6 is 24.0 Å². The summed E-state index contributed by atoms with van der Waals surface area (Å²) >= 11 is 6.51. The third kappa shape index (κ3) is 4.19. The van der Waals surface area contributed by atoms with Gasteiger partial charge in [-0.2, -0.15) is 0 Å². The van der Waals surface area contributed by atoms with Gasteiger partial charge in [0.1, 0.15) is 10.4 Å². The van der Waals surface area contributed by atoms with Crippen LogP contribution in [0.2, 0.25) is 0 Å². The number of rotatable bonds is 5. The van der Waals surface area contributed by atoms with E-state index in [1.807, 2.05) is 26.0 Å². The lowest BCUT2D eigenvalue weighted by Gasteiger charge is -2.27. The fraction of sp³-hybridized carbons (Fsp3) is 0.450. The van der Waals surface area contributed by atoms with Gasteiger partial charge in [0.25, 0.3) is 5.91 Å². The van der Waals surface area contributed by atoms with E-state index in [1.54, 1.807) is 0 Å². The number of carbonyl (C=O) groups excluding carboxylic acids is 1. The van der Waals surface area contributed by atoms with Gasteiger partial charge in [-0.3, -0.25) is 9.69 Å². The van der Waals surface area contributed by atoms with Gasteiger partial charge in [0, 0.05) is 19.3 Å². The largest absolute Gasteiger partial charge is 0.480 e. The lowest BCUT2D eigenvalue weighted by Crippen LogP contribution is -2.44. The number of thiocarbonyl (C=S) groups is 1. The van der Waals surface area contributed by atoms with Crippen molar-refractivity contribution in [3.8, 4) is 0 Å². The summed E-state index contributed by atoms with van der Waals surface area (Å²) in [6, 6.07) is 5.27. The lowest BCUT2D eigenvalue weighted by molar-refractivity contribution is -0.145. The molecule has 2 aliphatic heterocycles. The number of carboxylic acid groups (broad SMARTS) is 1. The van der Waals surface area contributed by atoms with Gasteiger partial charge in [0.2, 0.25) is 0 Å². The van der Waals surface area contributed by atoms with Gasteiger partial charge < -0.3 is 10.0 Å². The Morgan fingerprint density at radius 1 is 1.41 bits per heavy atom. The molecule has 5 nitrogen and oxygen atoms in total. The van der Waals surface area contributed by atoms with Gasteiger partial charge in [0.05, 0.1) is 4.91 Å². The van der Waals surface area contributed by atoms with Crippen LogP contribution in [0.5, 0.6) is 0 Å². The molecule has 0 radical (unpaired) electrons. The minimum atomic E-state index is -1.02. The second kappa shape index (κ2) is 8.02. The molecule has 0 unspecified atom stereocenters. The molecular weight excluding hydrogens is 380 g/mol. The Balaban J connectivity index is 1.87. The first-order valence-electron chi connectivity index (χ1n) is 9.12. The van der Waals surface area contributed by atoms with E-state index in [0.717, 1.165) is 24.9 Å². The molecule has 1 fully saturated rings. The number of fused-ring (bicyclic) bond motifs is 1. The van der Waals surface area contributed by atoms with Crippen LogP contribution in [0.3, 0.4) is 0 Å². The highest BCUT2D eigenvalue weighted by molar-refractivity contribution is 8.26. The first-order chi connectivity index (χ1) is 12.8. The summed E-state index contributed by atoms with van der Waals surface area (Å²) in [5, 5.41) is 9.56. The number of benzene rings is 1. The van der Waals surface area contributed by atoms with Crippen LogP contribution in [0.25, 0.3) is 6.08 Å². The molecule has 144 valence electrons. The minimum Gasteiger partial charge on any atom is -0.480 e. The molecule has 1 saturated heterocycles. The summed E-state index contributed by atoms with van der Waals surface area (Å²) in [5.74, 6) is -1.18. The molecule has 2 heterocycles. The molecule has 0 aromatic heterocycles. The Morgan fingerprint density at radius 3 is 2.81 bits per heavy atom. The molecule has 1 atom stereocenters. The van der Waals surface area contributed by atoms with E-state index in [-0.39, 0.29) is 11.8 Å². The fourth-order valence-electron chi connectivity index (χ4n) is 3.56. The Bertz CT molecular complexity index is 819. The van der Waals surface area contributed by atoms with Crippen LogP contribution < -0.4 is 4.90 Å². The van der Waals surface area contributed by atoms with Gasteiger partial charge in [-0.05, 0) is 54.5 Å². The summed E-state index contributed by atoms with van der Waals surface area (Å²) in [4.78, 5) is 28.5. The number of hydrogen-bond acceptors (Lipinski definition) is 5. The third-order valence-corrected chi connectivity index (χ3v) is 6.20. The van der Waals surface area contributed by atoms with Crippen molar-refractivity contribution in [3.63, 3.8) is 0 Å². The number of thioether (sulfide) groups is 1. The van der Waals surface area contributed by atoms with Gasteiger partial charge in [-0.25, -0.2) is 4.79 Å². The molecule has 1 aromatic rings. The van der Waals surface area contributed by atoms with Crippen molar-refractivity contribution in [3.05, 3.63) is 34.2 Å². The molecule has 0 bridgehead atoms. The summed E-state index contributed by atoms with van der Waals surface area (Å²) in [6.45, 7) is 4.93. The monoisotopic (exact) mass is 404 g/mol. The lowest BCUT2D eigenvalue weighted by atomic mass is 9.99. The highest BCUT2D eigenvalue weighted by Crippen LogP contribution is 2.36. The minimum absolute atomic E-state index is 0.150. The van der Waals surface area contributed by atoms with Crippen LogP contribution in [0.1, 0.15) is 37.8 Å². The molecule has 27 heavy (non-hydrogen) atoms. The maximum Gasteiger partial charge on any atom is 0.326 e. The summed E-state index contributed by atoms with van der Waals surface area (Å²) in [7, 11) is 2.09. The van der Waals surface area contributed by atoms with Gasteiger partial charge in [-0.15, -0.1) is 0 Å². The normalized spacial score (nSPS) is 19.8. The maximum atomic E-state index is 12.9. The predicted octanol–water partition coefficient (Wildman–Crippen LogP) is 3.77. The second-order valence-electron chi connectivity index (χ2n) is 7.45. The molecule has 0 saturated carbocycles. The molecule has 3 rings (SSSR count). The first-order valence-corrected chi connectivity index (χ1v) is 10.3. The van der Waals surface area contributed by atoms with E-state index in [4.69, 9.17) is 12.2 Å². The molecule has 2 aliphatic rings. The highest BCUT2D eigenvalue weighted by Gasteiger charge is 2.40. The van der Waals surface area contributed by atoms with Crippen LogP contribution in [-0.4, -0.2) is 45.8 Å². The van der Waals surface area contributed by atoms with Crippen molar-refractivity contribution in [1.29, 1.82) is 0 Å². The number of carboxylic acids is 1.